The molecule has 0 bridgehead atoms. The second-order valence-electron chi connectivity index (χ2n) is 9.93. The average molecular weight is 410 g/mol. The summed E-state index contributed by atoms with van der Waals surface area (Å²) >= 11 is 0. The van der Waals surface area contributed by atoms with E-state index in [2.05, 4.69) is 20.8 Å². The summed E-state index contributed by atoms with van der Waals surface area (Å²) in [4.78, 5) is 26.1. The number of esters is 1. The molecule has 0 aromatic carbocycles. The lowest BCUT2D eigenvalue weighted by molar-refractivity contribution is -0.155. The van der Waals surface area contributed by atoms with Crippen molar-refractivity contribution in [3.05, 3.63) is 12.2 Å². The van der Waals surface area contributed by atoms with Gasteiger partial charge in [-0.05, 0) is 51.4 Å². The number of amides is 1. The molecule has 0 radical (unpaired) electrons. The summed E-state index contributed by atoms with van der Waals surface area (Å²) in [5.41, 5.74) is -0.526. The maximum atomic E-state index is 12.2. The minimum absolute atomic E-state index is 0.00712. The molecule has 0 spiro atoms. The van der Waals surface area contributed by atoms with Crippen molar-refractivity contribution in [2.45, 2.75) is 72.5 Å². The normalized spacial score (nSPS) is 27.8. The first-order valence-corrected chi connectivity index (χ1v) is 11.0. The van der Waals surface area contributed by atoms with Crippen LogP contribution in [0.4, 0.5) is 4.79 Å². The van der Waals surface area contributed by atoms with Gasteiger partial charge < -0.3 is 19.1 Å². The summed E-state index contributed by atoms with van der Waals surface area (Å²) in [6.07, 6.45) is 7.09. The summed E-state index contributed by atoms with van der Waals surface area (Å²) in [5.74, 6) is 1.32. The van der Waals surface area contributed by atoms with E-state index in [1.165, 1.54) is 6.42 Å². The number of hydrogen-bond acceptors (Lipinski definition) is 5. The molecule has 1 aliphatic heterocycles. The van der Waals surface area contributed by atoms with Crippen LogP contribution in [0.2, 0.25) is 0 Å². The molecule has 0 N–H and O–H groups in total. The van der Waals surface area contributed by atoms with Crippen LogP contribution in [0.1, 0.15) is 60.8 Å². The Morgan fingerprint density at radius 2 is 1.93 bits per heavy atom. The van der Waals surface area contributed by atoms with Crippen molar-refractivity contribution in [1.82, 2.24) is 4.90 Å². The molecule has 29 heavy (non-hydrogen) atoms. The molecular formula is C23H39NO5. The van der Waals surface area contributed by atoms with Gasteiger partial charge in [0, 0.05) is 19.0 Å². The van der Waals surface area contributed by atoms with Crippen molar-refractivity contribution in [2.75, 3.05) is 26.3 Å². The summed E-state index contributed by atoms with van der Waals surface area (Å²) < 4.78 is 16.8. The number of carbonyl (C=O) groups excluding carboxylic acids is 2. The summed E-state index contributed by atoms with van der Waals surface area (Å²) in [7, 11) is 0. The van der Waals surface area contributed by atoms with E-state index in [4.69, 9.17) is 14.2 Å². The highest BCUT2D eigenvalue weighted by Gasteiger charge is 2.32. The second kappa shape index (κ2) is 10.5. The average Bonchev–Trinajstić information content (AvgIpc) is 2.63. The van der Waals surface area contributed by atoms with Crippen LogP contribution < -0.4 is 0 Å². The van der Waals surface area contributed by atoms with Crippen LogP contribution in [0.15, 0.2) is 12.2 Å². The molecule has 0 aromatic rings. The summed E-state index contributed by atoms with van der Waals surface area (Å²) in [6.45, 7) is 13.5. The Morgan fingerprint density at radius 3 is 2.59 bits per heavy atom. The van der Waals surface area contributed by atoms with Crippen LogP contribution in [-0.2, 0) is 19.0 Å². The molecule has 6 nitrogen and oxygen atoms in total. The number of nitrogens with zero attached hydrogens (tertiary/aromatic N) is 1. The largest absolute Gasteiger partial charge is 0.463 e. The summed E-state index contributed by atoms with van der Waals surface area (Å²) in [6, 6.07) is 0. The Hall–Kier alpha value is -1.56. The van der Waals surface area contributed by atoms with Crippen LogP contribution in [0.3, 0.4) is 0 Å². The van der Waals surface area contributed by atoms with E-state index in [1.807, 2.05) is 32.9 Å². The third-order valence-corrected chi connectivity index (χ3v) is 5.68. The Balaban J connectivity index is 1.75. The van der Waals surface area contributed by atoms with Crippen molar-refractivity contribution in [2.24, 2.45) is 23.7 Å². The highest BCUT2D eigenvalue weighted by molar-refractivity contribution is 5.71. The molecule has 1 heterocycles. The minimum atomic E-state index is -0.526. The molecule has 166 valence electrons. The molecule has 6 heteroatoms. The molecule has 1 fully saturated rings. The van der Waals surface area contributed by atoms with Gasteiger partial charge in [-0.25, -0.2) is 9.59 Å². The Bertz CT molecular complexity index is 580. The van der Waals surface area contributed by atoms with E-state index >= 15 is 0 Å². The third-order valence-electron chi connectivity index (χ3n) is 5.68. The second-order valence-corrected chi connectivity index (χ2v) is 9.93. The number of rotatable bonds is 6. The first-order valence-electron chi connectivity index (χ1n) is 11.0. The van der Waals surface area contributed by atoms with E-state index in [0.717, 1.165) is 12.8 Å². The number of hydrogen-bond donors (Lipinski definition) is 0. The highest BCUT2D eigenvalue weighted by Crippen LogP contribution is 2.35. The smallest absolute Gasteiger partial charge is 0.410 e. The predicted octanol–water partition coefficient (Wildman–Crippen LogP) is 4.43. The minimum Gasteiger partial charge on any atom is -0.463 e. The summed E-state index contributed by atoms with van der Waals surface area (Å²) in [5, 5.41) is 0. The first-order chi connectivity index (χ1) is 13.5. The molecule has 0 aromatic heterocycles. The van der Waals surface area contributed by atoms with Crippen LogP contribution in [0.5, 0.6) is 0 Å². The van der Waals surface area contributed by atoms with Gasteiger partial charge in [-0.2, -0.15) is 0 Å². The molecule has 1 unspecified atom stereocenters. The molecule has 1 aliphatic carbocycles. The molecule has 2 rings (SSSR count). The van der Waals surface area contributed by atoms with E-state index in [0.29, 0.717) is 30.8 Å². The van der Waals surface area contributed by atoms with Gasteiger partial charge in [0.15, 0.2) is 0 Å². The van der Waals surface area contributed by atoms with Gasteiger partial charge in [-0.15, -0.1) is 0 Å². The van der Waals surface area contributed by atoms with Crippen molar-refractivity contribution in [3.8, 4) is 0 Å². The van der Waals surface area contributed by atoms with Gasteiger partial charge in [0.1, 0.15) is 12.2 Å². The van der Waals surface area contributed by atoms with E-state index in [9.17, 15) is 9.59 Å². The lowest BCUT2D eigenvalue weighted by Gasteiger charge is -2.37. The van der Waals surface area contributed by atoms with E-state index in [-0.39, 0.29) is 37.3 Å². The fraction of sp³-hybridized carbons (Fsp3) is 0.826. The Morgan fingerprint density at radius 1 is 1.21 bits per heavy atom. The monoisotopic (exact) mass is 409 g/mol. The molecule has 2 aliphatic rings. The molecule has 1 saturated carbocycles. The van der Waals surface area contributed by atoms with Crippen LogP contribution in [-0.4, -0.2) is 55.0 Å². The van der Waals surface area contributed by atoms with Gasteiger partial charge in [0.2, 0.25) is 0 Å². The Labute approximate surface area is 175 Å². The zero-order valence-corrected chi connectivity index (χ0v) is 19.0. The van der Waals surface area contributed by atoms with Gasteiger partial charge in [0.05, 0.1) is 12.7 Å². The molecule has 1 amide bonds. The highest BCUT2D eigenvalue weighted by atomic mass is 16.6. The SMILES string of the molecule is CC(C)[C@@H]1CC[C@@H](C)C[C@H]1OCC(=O)OCC1C=CCN(C(=O)OC(C)(C)C)C1. The van der Waals surface area contributed by atoms with E-state index in [1.54, 1.807) is 4.90 Å². The van der Waals surface area contributed by atoms with Crippen LogP contribution in [0, 0.1) is 23.7 Å². The maximum Gasteiger partial charge on any atom is 0.410 e. The quantitative estimate of drug-likeness (QED) is 0.480. The topological polar surface area (TPSA) is 65.1 Å². The fourth-order valence-corrected chi connectivity index (χ4v) is 4.11. The number of carbonyl (C=O) groups is 2. The first kappa shape index (κ1) is 23.7. The lowest BCUT2D eigenvalue weighted by atomic mass is 9.75. The lowest BCUT2D eigenvalue weighted by Crippen LogP contribution is -2.42. The fourth-order valence-electron chi connectivity index (χ4n) is 4.11. The van der Waals surface area contributed by atoms with Gasteiger partial charge in [-0.1, -0.05) is 39.3 Å². The van der Waals surface area contributed by atoms with Crippen molar-refractivity contribution in [3.63, 3.8) is 0 Å². The zero-order valence-electron chi connectivity index (χ0n) is 19.0. The van der Waals surface area contributed by atoms with Crippen LogP contribution in [0.25, 0.3) is 0 Å². The Kier molecular flexibility index (Phi) is 8.56. The van der Waals surface area contributed by atoms with E-state index < -0.39 is 5.60 Å². The zero-order chi connectivity index (χ0) is 21.6. The van der Waals surface area contributed by atoms with Crippen molar-refractivity contribution < 1.29 is 23.8 Å². The maximum absolute atomic E-state index is 12.2. The van der Waals surface area contributed by atoms with Gasteiger partial charge in [0.25, 0.3) is 0 Å². The van der Waals surface area contributed by atoms with Crippen molar-refractivity contribution in [1.29, 1.82) is 0 Å². The number of ether oxygens (including phenoxy) is 3. The third kappa shape index (κ3) is 8.00. The van der Waals surface area contributed by atoms with Gasteiger partial charge in [-0.3, -0.25) is 0 Å². The predicted molar refractivity (Wildman–Crippen MR) is 112 cm³/mol. The standard InChI is InChI=1S/C23H39NO5/c1-16(2)19-10-9-17(3)12-20(19)27-15-21(25)28-14-18-8-7-11-24(13-18)22(26)29-23(4,5)6/h7-8,16-20H,9-15H2,1-6H3/t17-,18?,19+,20-/m1/s1. The molecular weight excluding hydrogens is 370 g/mol. The molecule has 0 saturated heterocycles. The van der Waals surface area contributed by atoms with Gasteiger partial charge >= 0.3 is 12.1 Å². The van der Waals surface area contributed by atoms with Crippen molar-refractivity contribution >= 4 is 12.1 Å². The van der Waals surface area contributed by atoms with Crippen LogP contribution >= 0.6 is 0 Å². The molecule has 4 atom stereocenters.